The molecule has 2 atom stereocenters. The van der Waals surface area contributed by atoms with E-state index in [9.17, 15) is 24.2 Å². The fourth-order valence-electron chi connectivity index (χ4n) is 4.96. The summed E-state index contributed by atoms with van der Waals surface area (Å²) in [4.78, 5) is 25.6. The number of amides is 1. The number of nitrogens with one attached hydrogen (secondary N) is 1. The van der Waals surface area contributed by atoms with Crippen LogP contribution in [0.1, 0.15) is 48.9 Å². The number of carbonyl (C=O) groups is 2. The third kappa shape index (κ3) is 7.21. The number of benzene rings is 3. The normalized spacial score (nSPS) is 12.8. The van der Waals surface area contributed by atoms with E-state index in [0.29, 0.717) is 33.8 Å². The van der Waals surface area contributed by atoms with Gasteiger partial charge in [-0.25, -0.2) is 4.39 Å². The minimum absolute atomic E-state index is 0.0905. The molecule has 0 aliphatic rings. The lowest BCUT2D eigenvalue weighted by molar-refractivity contribution is -0.143. The van der Waals surface area contributed by atoms with Gasteiger partial charge in [0.1, 0.15) is 11.5 Å². The molecule has 0 bridgehead atoms. The number of aromatic nitrogens is 1. The zero-order valence-electron chi connectivity index (χ0n) is 23.8. The molecule has 1 aromatic heterocycles. The number of ether oxygens (including phenoxy) is 1. The Morgan fingerprint density at radius 1 is 0.905 bits per heavy atom. The van der Waals surface area contributed by atoms with Gasteiger partial charge in [0.25, 0.3) is 5.91 Å². The SMILES string of the molecule is COC(=O)C[C@H](O)C[C@@H](O)C=Cc1c(-c2ccc(F)cc2)c(-c2ccccc2)c(C(=O)Nc2ccccc2)n1C(C)C. The predicted molar refractivity (Wildman–Crippen MR) is 162 cm³/mol. The van der Waals surface area contributed by atoms with Crippen LogP contribution in [0.4, 0.5) is 10.1 Å². The van der Waals surface area contributed by atoms with Crippen LogP contribution in [0.2, 0.25) is 0 Å². The van der Waals surface area contributed by atoms with Crippen molar-refractivity contribution in [3.8, 4) is 22.3 Å². The summed E-state index contributed by atoms with van der Waals surface area (Å²) in [5.41, 5.74) is 4.47. The van der Waals surface area contributed by atoms with E-state index in [1.54, 1.807) is 30.3 Å². The predicted octanol–water partition coefficient (Wildman–Crippen LogP) is 6.48. The van der Waals surface area contributed by atoms with Crippen molar-refractivity contribution in [2.45, 2.75) is 44.9 Å². The summed E-state index contributed by atoms with van der Waals surface area (Å²) in [5, 5.41) is 24.0. The lowest BCUT2D eigenvalue weighted by atomic mass is 9.94. The summed E-state index contributed by atoms with van der Waals surface area (Å²) in [5.74, 6) is -1.30. The Hall–Kier alpha value is -4.53. The second-order valence-corrected chi connectivity index (χ2v) is 10.2. The van der Waals surface area contributed by atoms with Crippen molar-refractivity contribution in [3.63, 3.8) is 0 Å². The highest BCUT2D eigenvalue weighted by molar-refractivity contribution is 6.11. The average molecular weight is 571 g/mol. The summed E-state index contributed by atoms with van der Waals surface area (Å²) in [6.45, 7) is 3.91. The number of nitrogens with zero attached hydrogens (tertiary/aromatic N) is 1. The molecule has 3 aromatic carbocycles. The first-order valence-corrected chi connectivity index (χ1v) is 13.8. The molecule has 8 heteroatoms. The van der Waals surface area contributed by atoms with E-state index in [2.05, 4.69) is 10.1 Å². The molecule has 1 heterocycles. The zero-order chi connectivity index (χ0) is 30.2. The summed E-state index contributed by atoms with van der Waals surface area (Å²) in [6, 6.07) is 24.5. The summed E-state index contributed by atoms with van der Waals surface area (Å²) >= 11 is 0. The van der Waals surface area contributed by atoms with E-state index in [1.165, 1.54) is 25.3 Å². The molecule has 0 aliphatic carbocycles. The lowest BCUT2D eigenvalue weighted by Crippen LogP contribution is -2.20. The van der Waals surface area contributed by atoms with Gasteiger partial charge >= 0.3 is 5.97 Å². The fraction of sp³-hybridized carbons (Fsp3) is 0.235. The fourth-order valence-corrected chi connectivity index (χ4v) is 4.96. The van der Waals surface area contributed by atoms with Crippen LogP contribution in [0.3, 0.4) is 0 Å². The molecule has 3 N–H and O–H groups in total. The van der Waals surface area contributed by atoms with Gasteiger partial charge in [0, 0.05) is 35.0 Å². The maximum absolute atomic E-state index is 14.1. The van der Waals surface area contributed by atoms with Gasteiger partial charge in [-0.3, -0.25) is 9.59 Å². The Kier molecular flexibility index (Phi) is 10.1. The smallest absolute Gasteiger partial charge is 0.308 e. The highest BCUT2D eigenvalue weighted by Gasteiger charge is 2.29. The number of aliphatic hydroxyl groups is 2. The first kappa shape index (κ1) is 30.4. The molecular formula is C34H35FN2O5. The van der Waals surface area contributed by atoms with Gasteiger partial charge in [0.2, 0.25) is 0 Å². The molecule has 0 spiro atoms. The number of para-hydroxylation sites is 1. The maximum atomic E-state index is 14.1. The number of rotatable bonds is 11. The van der Waals surface area contributed by atoms with Crippen molar-refractivity contribution in [2.75, 3.05) is 12.4 Å². The van der Waals surface area contributed by atoms with Gasteiger partial charge in [-0.15, -0.1) is 0 Å². The summed E-state index contributed by atoms with van der Waals surface area (Å²) in [6.07, 6.45) is 0.704. The third-order valence-electron chi connectivity index (χ3n) is 6.82. The molecule has 7 nitrogen and oxygen atoms in total. The van der Waals surface area contributed by atoms with Gasteiger partial charge in [0.15, 0.2) is 0 Å². The number of hydrogen-bond donors (Lipinski definition) is 3. The minimum atomic E-state index is -1.10. The van der Waals surface area contributed by atoms with Crippen LogP contribution in [0.25, 0.3) is 28.3 Å². The molecule has 0 unspecified atom stereocenters. The third-order valence-corrected chi connectivity index (χ3v) is 6.82. The molecular weight excluding hydrogens is 535 g/mol. The monoisotopic (exact) mass is 570 g/mol. The van der Waals surface area contributed by atoms with Gasteiger partial charge in [-0.05, 0) is 55.3 Å². The second-order valence-electron chi connectivity index (χ2n) is 10.2. The van der Waals surface area contributed by atoms with E-state index >= 15 is 0 Å². The Balaban J connectivity index is 1.93. The van der Waals surface area contributed by atoms with Gasteiger partial charge in [-0.2, -0.15) is 0 Å². The van der Waals surface area contributed by atoms with Crippen LogP contribution in [-0.4, -0.2) is 46.0 Å². The number of esters is 1. The number of aliphatic hydroxyl groups excluding tert-OH is 2. The van der Waals surface area contributed by atoms with E-state index in [1.807, 2.05) is 66.9 Å². The molecule has 0 radical (unpaired) electrons. The number of methoxy groups -OCH3 is 1. The van der Waals surface area contributed by atoms with E-state index in [4.69, 9.17) is 0 Å². The molecule has 0 saturated carbocycles. The number of halogens is 1. The van der Waals surface area contributed by atoms with Crippen molar-refractivity contribution in [2.24, 2.45) is 0 Å². The van der Waals surface area contributed by atoms with E-state index in [0.717, 1.165) is 5.56 Å². The Bertz CT molecular complexity index is 1530. The van der Waals surface area contributed by atoms with Crippen molar-refractivity contribution >= 4 is 23.6 Å². The van der Waals surface area contributed by atoms with Gasteiger partial charge in [0.05, 0.1) is 25.7 Å². The molecule has 218 valence electrons. The molecule has 4 rings (SSSR count). The Morgan fingerprint density at radius 2 is 1.50 bits per heavy atom. The number of anilines is 1. The lowest BCUT2D eigenvalue weighted by Gasteiger charge is -2.17. The summed E-state index contributed by atoms with van der Waals surface area (Å²) in [7, 11) is 1.23. The standard InChI is InChI=1S/C34H35FN2O5/c1-22(2)37-29(19-18-27(38)20-28(39)21-30(40)42-3)31(24-14-16-25(35)17-15-24)32(23-10-6-4-7-11-23)33(37)34(41)36-26-12-8-5-9-13-26/h4-19,22,27-28,38-39H,20-21H2,1-3H3,(H,36,41)/t27-,28+/m0/s1. The van der Waals surface area contributed by atoms with Crippen molar-refractivity contribution in [1.29, 1.82) is 0 Å². The second kappa shape index (κ2) is 13.9. The molecule has 42 heavy (non-hydrogen) atoms. The molecule has 4 aromatic rings. The highest BCUT2D eigenvalue weighted by Crippen LogP contribution is 2.42. The Labute approximate surface area is 244 Å². The number of hydrogen-bond acceptors (Lipinski definition) is 5. The topological polar surface area (TPSA) is 101 Å². The van der Waals surface area contributed by atoms with Crippen molar-refractivity contribution in [3.05, 3.63) is 108 Å². The van der Waals surface area contributed by atoms with Crippen molar-refractivity contribution in [1.82, 2.24) is 4.57 Å². The van der Waals surface area contributed by atoms with Crippen molar-refractivity contribution < 1.29 is 28.9 Å². The quantitative estimate of drug-likeness (QED) is 0.179. The zero-order valence-corrected chi connectivity index (χ0v) is 23.8. The van der Waals surface area contributed by atoms with Gasteiger partial charge < -0.3 is 24.8 Å². The summed E-state index contributed by atoms with van der Waals surface area (Å²) < 4.78 is 20.5. The molecule has 1 amide bonds. The number of carbonyl (C=O) groups excluding carboxylic acids is 2. The average Bonchev–Trinajstić information content (AvgIpc) is 3.33. The molecule has 0 aliphatic heterocycles. The molecule has 0 saturated heterocycles. The Morgan fingerprint density at radius 3 is 2.10 bits per heavy atom. The van der Waals surface area contributed by atoms with Crippen LogP contribution >= 0.6 is 0 Å². The van der Waals surface area contributed by atoms with Crippen LogP contribution in [0, 0.1) is 5.82 Å². The minimum Gasteiger partial charge on any atom is -0.469 e. The van der Waals surface area contributed by atoms with Gasteiger partial charge in [-0.1, -0.05) is 66.7 Å². The maximum Gasteiger partial charge on any atom is 0.308 e. The highest BCUT2D eigenvalue weighted by atomic mass is 19.1. The first-order chi connectivity index (χ1) is 20.2. The van der Waals surface area contributed by atoms with Crippen LogP contribution in [-0.2, 0) is 9.53 Å². The van der Waals surface area contributed by atoms with Crippen LogP contribution < -0.4 is 5.32 Å². The largest absolute Gasteiger partial charge is 0.469 e. The van der Waals surface area contributed by atoms with E-state index < -0.39 is 24.0 Å². The van der Waals surface area contributed by atoms with Crippen LogP contribution in [0.15, 0.2) is 91.0 Å². The molecule has 0 fully saturated rings. The van der Waals surface area contributed by atoms with Crippen LogP contribution in [0.5, 0.6) is 0 Å². The van der Waals surface area contributed by atoms with E-state index in [-0.39, 0.29) is 24.8 Å². The first-order valence-electron chi connectivity index (χ1n) is 13.8.